The first-order chi connectivity index (χ1) is 12.0. The van der Waals surface area contributed by atoms with Crippen LogP contribution in [0, 0.1) is 5.82 Å². The monoisotopic (exact) mass is 338 g/mol. The van der Waals surface area contributed by atoms with Crippen LogP contribution in [0.3, 0.4) is 0 Å². The van der Waals surface area contributed by atoms with Crippen molar-refractivity contribution in [1.82, 2.24) is 4.98 Å². The van der Waals surface area contributed by atoms with Gasteiger partial charge in [-0.25, -0.2) is 9.18 Å². The average molecular weight is 338 g/mol. The number of fused-ring (bicyclic) bond motifs is 1. The summed E-state index contributed by atoms with van der Waals surface area (Å²) in [5.41, 5.74) is 8.08. The maximum atomic E-state index is 13.0. The van der Waals surface area contributed by atoms with Gasteiger partial charge < -0.3 is 10.5 Å². The summed E-state index contributed by atoms with van der Waals surface area (Å²) in [4.78, 5) is 27.8. The van der Waals surface area contributed by atoms with Crippen LogP contribution in [0.4, 0.5) is 4.39 Å². The minimum absolute atomic E-state index is 0.200. The van der Waals surface area contributed by atoms with E-state index in [9.17, 15) is 14.0 Å². The zero-order chi connectivity index (χ0) is 18.0. The van der Waals surface area contributed by atoms with E-state index < -0.39 is 11.9 Å². The number of nitrogens with zero attached hydrogens (tertiary/aromatic N) is 1. The SMILES string of the molecule is COC(=O)c1cc(C(N)=O)c2cc(Cc3ccc(F)cc3)cnc2c1. The molecule has 1 aromatic heterocycles. The number of esters is 1. The van der Waals surface area contributed by atoms with Crippen molar-refractivity contribution in [3.05, 3.63) is 76.7 Å². The molecule has 126 valence electrons. The molecule has 1 heterocycles. The Morgan fingerprint density at radius 2 is 1.84 bits per heavy atom. The number of halogens is 1. The van der Waals surface area contributed by atoms with Crippen LogP contribution in [0.25, 0.3) is 10.9 Å². The van der Waals surface area contributed by atoms with E-state index >= 15 is 0 Å². The molecule has 0 aliphatic rings. The van der Waals surface area contributed by atoms with Crippen LogP contribution in [0.5, 0.6) is 0 Å². The molecule has 2 N–H and O–H groups in total. The smallest absolute Gasteiger partial charge is 0.337 e. The Hall–Kier alpha value is -3.28. The van der Waals surface area contributed by atoms with E-state index in [1.165, 1.54) is 25.3 Å². The van der Waals surface area contributed by atoms with E-state index in [0.29, 0.717) is 17.3 Å². The summed E-state index contributed by atoms with van der Waals surface area (Å²) < 4.78 is 17.7. The van der Waals surface area contributed by atoms with Crippen LogP contribution in [0.15, 0.2) is 48.7 Å². The fourth-order valence-corrected chi connectivity index (χ4v) is 2.65. The topological polar surface area (TPSA) is 82.3 Å². The van der Waals surface area contributed by atoms with E-state index in [-0.39, 0.29) is 16.9 Å². The molecule has 0 fully saturated rings. The van der Waals surface area contributed by atoms with Gasteiger partial charge in [0.2, 0.25) is 5.91 Å². The number of rotatable bonds is 4. The van der Waals surface area contributed by atoms with Gasteiger partial charge in [-0.05, 0) is 47.9 Å². The van der Waals surface area contributed by atoms with Gasteiger partial charge in [0.1, 0.15) is 5.82 Å². The first kappa shape index (κ1) is 16.6. The number of pyridine rings is 1. The fraction of sp³-hybridized carbons (Fsp3) is 0.105. The van der Waals surface area contributed by atoms with Gasteiger partial charge >= 0.3 is 5.97 Å². The van der Waals surface area contributed by atoms with Gasteiger partial charge in [0, 0.05) is 17.1 Å². The number of ether oxygens (including phenoxy) is 1. The number of hydrogen-bond donors (Lipinski definition) is 1. The van der Waals surface area contributed by atoms with Gasteiger partial charge in [-0.2, -0.15) is 0 Å². The summed E-state index contributed by atoms with van der Waals surface area (Å²) in [6.45, 7) is 0. The molecule has 0 unspecified atom stereocenters. The minimum Gasteiger partial charge on any atom is -0.465 e. The van der Waals surface area contributed by atoms with Gasteiger partial charge in [-0.1, -0.05) is 12.1 Å². The molecule has 0 radical (unpaired) electrons. The number of carbonyl (C=O) groups is 2. The standard InChI is InChI=1S/C19H15FN2O3/c1-25-19(24)13-8-16(18(21)23)15-7-12(10-22-17(15)9-13)6-11-2-4-14(20)5-3-11/h2-5,7-10H,6H2,1H3,(H2,21,23). The van der Waals surface area contributed by atoms with E-state index in [1.54, 1.807) is 30.5 Å². The Labute approximate surface area is 143 Å². The predicted octanol–water partition coefficient (Wildman–Crippen LogP) is 2.85. The first-order valence-electron chi connectivity index (χ1n) is 7.53. The first-order valence-corrected chi connectivity index (χ1v) is 7.53. The zero-order valence-electron chi connectivity index (χ0n) is 13.5. The highest BCUT2D eigenvalue weighted by molar-refractivity contribution is 6.08. The van der Waals surface area contributed by atoms with Gasteiger partial charge in [-0.15, -0.1) is 0 Å². The lowest BCUT2D eigenvalue weighted by Gasteiger charge is -2.09. The third-order valence-corrected chi connectivity index (χ3v) is 3.87. The third kappa shape index (κ3) is 3.47. The number of carbonyl (C=O) groups excluding carboxylic acids is 2. The maximum Gasteiger partial charge on any atom is 0.337 e. The third-order valence-electron chi connectivity index (χ3n) is 3.87. The number of aromatic nitrogens is 1. The van der Waals surface area contributed by atoms with Crippen molar-refractivity contribution < 1.29 is 18.7 Å². The quantitative estimate of drug-likeness (QED) is 0.742. The van der Waals surface area contributed by atoms with Gasteiger partial charge in [0.15, 0.2) is 0 Å². The van der Waals surface area contributed by atoms with E-state index in [1.807, 2.05) is 0 Å². The molecule has 2 aromatic carbocycles. The Morgan fingerprint density at radius 1 is 1.12 bits per heavy atom. The summed E-state index contributed by atoms with van der Waals surface area (Å²) >= 11 is 0. The lowest BCUT2D eigenvalue weighted by Crippen LogP contribution is -2.14. The van der Waals surface area contributed by atoms with Crippen molar-refractivity contribution >= 4 is 22.8 Å². The lowest BCUT2D eigenvalue weighted by atomic mass is 10.00. The molecular weight excluding hydrogens is 323 g/mol. The van der Waals surface area contributed by atoms with Crippen molar-refractivity contribution in [2.45, 2.75) is 6.42 Å². The fourth-order valence-electron chi connectivity index (χ4n) is 2.65. The van der Waals surface area contributed by atoms with Crippen LogP contribution in [-0.4, -0.2) is 24.0 Å². The largest absolute Gasteiger partial charge is 0.465 e. The second-order valence-corrected chi connectivity index (χ2v) is 5.59. The van der Waals surface area contributed by atoms with Crippen LogP contribution >= 0.6 is 0 Å². The lowest BCUT2D eigenvalue weighted by molar-refractivity contribution is 0.0601. The predicted molar refractivity (Wildman–Crippen MR) is 90.8 cm³/mol. The van der Waals surface area contributed by atoms with Gasteiger partial charge in [0.25, 0.3) is 0 Å². The Kier molecular flexibility index (Phi) is 4.43. The molecule has 0 bridgehead atoms. The van der Waals surface area contributed by atoms with E-state index in [0.717, 1.165) is 11.1 Å². The summed E-state index contributed by atoms with van der Waals surface area (Å²) in [6, 6.07) is 10.9. The van der Waals surface area contributed by atoms with Gasteiger partial charge in [-0.3, -0.25) is 9.78 Å². The molecule has 5 nitrogen and oxygen atoms in total. The molecule has 3 aromatic rings. The number of amides is 1. The molecular formula is C19H15FN2O3. The van der Waals surface area contributed by atoms with Crippen LogP contribution < -0.4 is 5.73 Å². The minimum atomic E-state index is -0.656. The highest BCUT2D eigenvalue weighted by atomic mass is 19.1. The molecule has 0 saturated carbocycles. The summed E-state index contributed by atoms with van der Waals surface area (Å²) in [5.74, 6) is -1.52. The number of nitrogens with two attached hydrogens (primary N) is 1. The molecule has 0 atom stereocenters. The summed E-state index contributed by atoms with van der Waals surface area (Å²) in [7, 11) is 1.26. The second kappa shape index (κ2) is 6.68. The number of hydrogen-bond acceptors (Lipinski definition) is 4. The molecule has 25 heavy (non-hydrogen) atoms. The normalized spacial score (nSPS) is 10.6. The molecule has 0 aliphatic heterocycles. The van der Waals surface area contributed by atoms with Crippen molar-refractivity contribution in [2.75, 3.05) is 7.11 Å². The molecule has 0 saturated heterocycles. The molecule has 1 amide bonds. The number of methoxy groups -OCH3 is 1. The zero-order valence-corrected chi connectivity index (χ0v) is 13.5. The van der Waals surface area contributed by atoms with Crippen LogP contribution in [-0.2, 0) is 11.2 Å². The highest BCUT2D eigenvalue weighted by Gasteiger charge is 2.15. The summed E-state index contributed by atoms with van der Waals surface area (Å²) in [5, 5.41) is 0.555. The second-order valence-electron chi connectivity index (χ2n) is 5.59. The van der Waals surface area contributed by atoms with E-state index in [2.05, 4.69) is 9.72 Å². The molecule has 6 heteroatoms. The van der Waals surface area contributed by atoms with Crippen molar-refractivity contribution in [1.29, 1.82) is 0 Å². The van der Waals surface area contributed by atoms with Crippen LogP contribution in [0.1, 0.15) is 31.8 Å². The Bertz CT molecular complexity index is 968. The number of primary amides is 1. The average Bonchev–Trinajstić information content (AvgIpc) is 2.62. The molecule has 0 spiro atoms. The van der Waals surface area contributed by atoms with Crippen LogP contribution in [0.2, 0.25) is 0 Å². The Morgan fingerprint density at radius 3 is 2.48 bits per heavy atom. The van der Waals surface area contributed by atoms with Crippen molar-refractivity contribution in [2.24, 2.45) is 5.73 Å². The maximum absolute atomic E-state index is 13.0. The van der Waals surface area contributed by atoms with Crippen molar-refractivity contribution in [3.8, 4) is 0 Å². The highest BCUT2D eigenvalue weighted by Crippen LogP contribution is 2.22. The van der Waals surface area contributed by atoms with E-state index in [4.69, 9.17) is 5.73 Å². The Balaban J connectivity index is 2.06. The number of benzene rings is 2. The van der Waals surface area contributed by atoms with Crippen molar-refractivity contribution in [3.63, 3.8) is 0 Å². The molecule has 0 aliphatic carbocycles. The van der Waals surface area contributed by atoms with Gasteiger partial charge in [0.05, 0.1) is 18.2 Å². The molecule has 3 rings (SSSR count). The summed E-state index contributed by atoms with van der Waals surface area (Å²) in [6.07, 6.45) is 2.18.